The predicted octanol–water partition coefficient (Wildman–Crippen LogP) is 1.25. The van der Waals surface area contributed by atoms with Crippen molar-refractivity contribution in [3.63, 3.8) is 0 Å². The minimum Gasteiger partial charge on any atom is -0.299 e. The van der Waals surface area contributed by atoms with E-state index in [9.17, 15) is 4.79 Å². The number of hydrogen-bond acceptors (Lipinski definition) is 5. The molecule has 1 fully saturated rings. The lowest BCUT2D eigenvalue weighted by molar-refractivity contribution is 0.163. The van der Waals surface area contributed by atoms with Crippen molar-refractivity contribution in [2.45, 2.75) is 32.9 Å². The van der Waals surface area contributed by atoms with Crippen LogP contribution in [0.1, 0.15) is 24.1 Å². The van der Waals surface area contributed by atoms with Crippen LogP contribution in [0.5, 0.6) is 0 Å². The van der Waals surface area contributed by atoms with Crippen LogP contribution in [0.25, 0.3) is 0 Å². The number of hydrogen-bond donors (Lipinski definition) is 0. The second-order valence-corrected chi connectivity index (χ2v) is 5.97. The van der Waals surface area contributed by atoms with Gasteiger partial charge < -0.3 is 0 Å². The highest BCUT2D eigenvalue weighted by atomic mass is 16.1. The highest BCUT2D eigenvalue weighted by Gasteiger charge is 2.20. The van der Waals surface area contributed by atoms with Crippen molar-refractivity contribution >= 4 is 0 Å². The van der Waals surface area contributed by atoms with Crippen molar-refractivity contribution in [3.8, 4) is 0 Å². The molecule has 0 aliphatic carbocycles. The molecule has 2 aromatic rings. The molecular weight excluding hydrogens is 278 g/mol. The summed E-state index contributed by atoms with van der Waals surface area (Å²) >= 11 is 0. The van der Waals surface area contributed by atoms with E-state index >= 15 is 0 Å². The third-order valence-corrected chi connectivity index (χ3v) is 4.19. The smallest absolute Gasteiger partial charge is 0.266 e. The Hall–Kier alpha value is -2.08. The van der Waals surface area contributed by atoms with Gasteiger partial charge in [0.25, 0.3) is 5.56 Å². The third-order valence-electron chi connectivity index (χ3n) is 4.19. The first-order chi connectivity index (χ1) is 10.7. The lowest BCUT2D eigenvalue weighted by Gasteiger charge is -2.31. The molecule has 116 valence electrons. The monoisotopic (exact) mass is 299 g/mol. The van der Waals surface area contributed by atoms with E-state index in [2.05, 4.69) is 20.2 Å². The number of likely N-dealkylation sites (tertiary alicyclic amines) is 1. The van der Waals surface area contributed by atoms with Crippen molar-refractivity contribution < 1.29 is 0 Å². The van der Waals surface area contributed by atoms with Crippen LogP contribution in [0, 0.1) is 12.8 Å². The van der Waals surface area contributed by atoms with Crippen molar-refractivity contribution in [1.29, 1.82) is 0 Å². The maximum atomic E-state index is 11.8. The van der Waals surface area contributed by atoms with Crippen LogP contribution in [0.15, 0.2) is 35.4 Å². The van der Waals surface area contributed by atoms with Crippen molar-refractivity contribution in [2.75, 3.05) is 13.1 Å². The van der Waals surface area contributed by atoms with Crippen LogP contribution >= 0.6 is 0 Å². The molecule has 1 saturated heterocycles. The Kier molecular flexibility index (Phi) is 4.58. The standard InChI is InChI=1S/C16H21N5O/c1-13-2-3-16(22)21(19-13)12-14-5-8-20(9-6-14)11-15-4-7-17-18-10-15/h2-4,7,10,14H,5-6,8-9,11-12H2,1H3. The Morgan fingerprint density at radius 1 is 1.18 bits per heavy atom. The van der Waals surface area contributed by atoms with Gasteiger partial charge in [-0.25, -0.2) is 4.68 Å². The minimum absolute atomic E-state index is 0.00381. The van der Waals surface area contributed by atoms with E-state index in [0.717, 1.165) is 44.7 Å². The van der Waals surface area contributed by atoms with Crippen LogP contribution < -0.4 is 5.56 Å². The quantitative estimate of drug-likeness (QED) is 0.850. The summed E-state index contributed by atoms with van der Waals surface area (Å²) in [4.78, 5) is 14.3. The van der Waals surface area contributed by atoms with Gasteiger partial charge in [0, 0.05) is 25.4 Å². The van der Waals surface area contributed by atoms with Gasteiger partial charge in [-0.05, 0) is 56.5 Å². The Morgan fingerprint density at radius 2 is 2.00 bits per heavy atom. The molecule has 0 unspecified atom stereocenters. The van der Waals surface area contributed by atoms with E-state index in [1.54, 1.807) is 23.0 Å². The number of aryl methyl sites for hydroxylation is 1. The number of piperidine rings is 1. The van der Waals surface area contributed by atoms with E-state index in [1.807, 2.05) is 19.2 Å². The molecule has 6 heteroatoms. The Labute approximate surface area is 129 Å². The lowest BCUT2D eigenvalue weighted by Crippen LogP contribution is -2.36. The van der Waals surface area contributed by atoms with Gasteiger partial charge in [-0.3, -0.25) is 9.69 Å². The first-order valence-electron chi connectivity index (χ1n) is 7.73. The number of aromatic nitrogens is 4. The maximum Gasteiger partial charge on any atom is 0.266 e. The molecule has 0 atom stereocenters. The van der Waals surface area contributed by atoms with Crippen LogP contribution in [-0.2, 0) is 13.1 Å². The Bertz CT molecular complexity index is 662. The summed E-state index contributed by atoms with van der Waals surface area (Å²) in [7, 11) is 0. The zero-order chi connectivity index (χ0) is 15.4. The van der Waals surface area contributed by atoms with Crippen molar-refractivity contribution in [3.05, 3.63) is 52.2 Å². The molecule has 0 radical (unpaired) electrons. The zero-order valence-corrected chi connectivity index (χ0v) is 12.9. The third kappa shape index (κ3) is 3.76. The molecule has 0 N–H and O–H groups in total. The van der Waals surface area contributed by atoms with Gasteiger partial charge in [-0.1, -0.05) is 0 Å². The van der Waals surface area contributed by atoms with Crippen LogP contribution in [0.2, 0.25) is 0 Å². The Morgan fingerprint density at radius 3 is 2.73 bits per heavy atom. The summed E-state index contributed by atoms with van der Waals surface area (Å²) in [6, 6.07) is 5.38. The van der Waals surface area contributed by atoms with Crippen molar-refractivity contribution in [1.82, 2.24) is 24.9 Å². The summed E-state index contributed by atoms with van der Waals surface area (Å²) in [5, 5.41) is 12.0. The molecule has 6 nitrogen and oxygen atoms in total. The Balaban J connectivity index is 1.53. The molecule has 0 aromatic carbocycles. The predicted molar refractivity (Wildman–Crippen MR) is 83.3 cm³/mol. The van der Waals surface area contributed by atoms with E-state index in [1.165, 1.54) is 5.56 Å². The first kappa shape index (κ1) is 14.8. The normalized spacial score (nSPS) is 16.8. The molecule has 1 aliphatic heterocycles. The lowest BCUT2D eigenvalue weighted by atomic mass is 9.96. The fraction of sp³-hybridized carbons (Fsp3) is 0.500. The highest BCUT2D eigenvalue weighted by Crippen LogP contribution is 2.19. The molecule has 0 saturated carbocycles. The van der Waals surface area contributed by atoms with Crippen molar-refractivity contribution in [2.24, 2.45) is 5.92 Å². The van der Waals surface area contributed by atoms with Gasteiger partial charge in [-0.15, -0.1) is 0 Å². The fourth-order valence-corrected chi connectivity index (χ4v) is 2.92. The molecule has 22 heavy (non-hydrogen) atoms. The molecule has 1 aliphatic rings. The maximum absolute atomic E-state index is 11.8. The average Bonchev–Trinajstić information content (AvgIpc) is 2.54. The number of nitrogens with zero attached hydrogens (tertiary/aromatic N) is 5. The van der Waals surface area contributed by atoms with E-state index in [0.29, 0.717) is 5.92 Å². The van der Waals surface area contributed by atoms with E-state index in [-0.39, 0.29) is 5.56 Å². The van der Waals surface area contributed by atoms with Gasteiger partial charge in [0.1, 0.15) is 0 Å². The first-order valence-corrected chi connectivity index (χ1v) is 7.73. The molecule has 3 heterocycles. The molecule has 3 rings (SSSR count). The van der Waals surface area contributed by atoms with Gasteiger partial charge in [0.2, 0.25) is 0 Å². The molecule has 0 amide bonds. The molecule has 2 aromatic heterocycles. The summed E-state index contributed by atoms with van der Waals surface area (Å²) in [5.74, 6) is 0.527. The topological polar surface area (TPSA) is 63.9 Å². The highest BCUT2D eigenvalue weighted by molar-refractivity contribution is 5.05. The SMILES string of the molecule is Cc1ccc(=O)n(CC2CCN(Cc3ccnnc3)CC2)n1. The van der Waals surface area contributed by atoms with Gasteiger partial charge in [-0.2, -0.15) is 15.3 Å². The largest absolute Gasteiger partial charge is 0.299 e. The number of rotatable bonds is 4. The summed E-state index contributed by atoms with van der Waals surface area (Å²) in [5.41, 5.74) is 2.09. The van der Waals surface area contributed by atoms with Crippen LogP contribution in [-0.4, -0.2) is 38.0 Å². The molecule has 0 spiro atoms. The fourth-order valence-electron chi connectivity index (χ4n) is 2.92. The summed E-state index contributed by atoms with van der Waals surface area (Å²) in [6.07, 6.45) is 5.75. The zero-order valence-electron chi connectivity index (χ0n) is 12.9. The second kappa shape index (κ2) is 6.79. The average molecular weight is 299 g/mol. The van der Waals surface area contributed by atoms with Gasteiger partial charge >= 0.3 is 0 Å². The van der Waals surface area contributed by atoms with Crippen LogP contribution in [0.4, 0.5) is 0 Å². The van der Waals surface area contributed by atoms with E-state index < -0.39 is 0 Å². The second-order valence-electron chi connectivity index (χ2n) is 5.97. The molecular formula is C16H21N5O. The summed E-state index contributed by atoms with van der Waals surface area (Å²) < 4.78 is 1.61. The van der Waals surface area contributed by atoms with E-state index in [4.69, 9.17) is 0 Å². The van der Waals surface area contributed by atoms with Crippen LogP contribution in [0.3, 0.4) is 0 Å². The minimum atomic E-state index is -0.00381. The molecule has 0 bridgehead atoms. The summed E-state index contributed by atoms with van der Waals surface area (Å²) in [6.45, 7) is 5.67. The van der Waals surface area contributed by atoms with Gasteiger partial charge in [0.15, 0.2) is 0 Å². The van der Waals surface area contributed by atoms with Gasteiger partial charge in [0.05, 0.1) is 11.9 Å².